The van der Waals surface area contributed by atoms with Crippen LogP contribution >= 0.6 is 27.3 Å². The van der Waals surface area contributed by atoms with Crippen molar-refractivity contribution < 1.29 is 29.3 Å². The largest absolute Gasteiger partial charge is 0.506 e. The van der Waals surface area contributed by atoms with Crippen LogP contribution < -0.4 is 0 Å². The molecule has 4 rings (SSSR count). The van der Waals surface area contributed by atoms with Gasteiger partial charge >= 0.3 is 12.1 Å². The van der Waals surface area contributed by atoms with E-state index in [1.54, 1.807) is 23.1 Å². The van der Waals surface area contributed by atoms with E-state index in [2.05, 4.69) is 15.9 Å². The second kappa shape index (κ2) is 11.6. The number of amides is 1. The highest BCUT2D eigenvalue weighted by atomic mass is 79.9. The van der Waals surface area contributed by atoms with Crippen molar-refractivity contribution in [3.05, 3.63) is 58.1 Å². The number of aromatic carboxylic acids is 1. The molecule has 0 radical (unpaired) electrons. The number of rotatable bonds is 10. The van der Waals surface area contributed by atoms with Gasteiger partial charge in [-0.3, -0.25) is 4.79 Å². The Morgan fingerprint density at radius 1 is 1.11 bits per heavy atom. The molecular formula is C28H30BrNO6S. The number of unbranched alkanes of at least 4 members (excludes halogenated alkanes) is 1. The third-order valence-corrected chi connectivity index (χ3v) is 9.15. The number of carbonyl (C=O) groups excluding carboxylic acids is 1. The van der Waals surface area contributed by atoms with Gasteiger partial charge in [-0.05, 0) is 71.8 Å². The van der Waals surface area contributed by atoms with Gasteiger partial charge in [0.15, 0.2) is 0 Å². The van der Waals surface area contributed by atoms with Crippen LogP contribution in [0.5, 0.6) is 0 Å². The van der Waals surface area contributed by atoms with Gasteiger partial charge in [-0.15, -0.1) is 11.3 Å². The lowest BCUT2D eigenvalue weighted by atomic mass is 10.00. The predicted octanol–water partition coefficient (Wildman–Crippen LogP) is 7.56. The van der Waals surface area contributed by atoms with Crippen LogP contribution in [0.2, 0.25) is 0 Å². The number of carbonyl (C=O) groups is 3. The minimum absolute atomic E-state index is 0.0114. The zero-order valence-electron chi connectivity index (χ0n) is 20.7. The second-order valence-electron chi connectivity index (χ2n) is 9.54. The standard InChI is InChI=1S/C28H30BrNO6S/c1-2-3-10-23(31)30(17-28(36-27(34)35)13-6-7-14-28)16-18-11-12-22-21(15-18)24(29)25(37-22)19-8-4-5-9-20(19)26(32)33/h4-5,8-9,11-12,15H,2-3,6-7,10,13-14,16-17H2,1H3,(H,32,33)(H,34,35). The average Bonchev–Trinajstić information content (AvgIpc) is 3.45. The molecule has 1 amide bonds. The number of carboxylic acids is 1. The molecule has 0 spiro atoms. The monoisotopic (exact) mass is 587 g/mol. The Bertz CT molecular complexity index is 1310. The fraction of sp³-hybridized carbons (Fsp3) is 0.393. The number of ether oxygens (including phenoxy) is 1. The average molecular weight is 589 g/mol. The summed E-state index contributed by atoms with van der Waals surface area (Å²) in [5.74, 6) is -0.992. The van der Waals surface area contributed by atoms with Crippen LogP contribution in [0.1, 0.15) is 67.8 Å². The summed E-state index contributed by atoms with van der Waals surface area (Å²) < 4.78 is 7.17. The number of nitrogens with zero attached hydrogens (tertiary/aromatic N) is 1. The Morgan fingerprint density at radius 3 is 2.51 bits per heavy atom. The molecule has 0 saturated heterocycles. The molecule has 3 aromatic rings. The molecule has 196 valence electrons. The molecule has 2 aromatic carbocycles. The molecule has 37 heavy (non-hydrogen) atoms. The van der Waals surface area contributed by atoms with Gasteiger partial charge in [0.25, 0.3) is 0 Å². The summed E-state index contributed by atoms with van der Waals surface area (Å²) in [6.45, 7) is 2.61. The Labute approximate surface area is 228 Å². The molecule has 1 aliphatic carbocycles. The van der Waals surface area contributed by atoms with Gasteiger partial charge in [0, 0.05) is 33.1 Å². The second-order valence-corrected chi connectivity index (χ2v) is 11.4. The lowest BCUT2D eigenvalue weighted by Gasteiger charge is -2.34. The van der Waals surface area contributed by atoms with Crippen molar-refractivity contribution in [1.82, 2.24) is 4.90 Å². The van der Waals surface area contributed by atoms with Crippen molar-refractivity contribution in [2.24, 2.45) is 0 Å². The van der Waals surface area contributed by atoms with Crippen LogP contribution in [0.3, 0.4) is 0 Å². The number of hydrogen-bond donors (Lipinski definition) is 2. The van der Waals surface area contributed by atoms with Crippen LogP contribution in [-0.4, -0.2) is 45.3 Å². The number of benzene rings is 2. The minimum atomic E-state index is -1.30. The number of fused-ring (bicyclic) bond motifs is 1. The topological polar surface area (TPSA) is 104 Å². The highest BCUT2D eigenvalue weighted by Crippen LogP contribution is 2.44. The van der Waals surface area contributed by atoms with Crippen molar-refractivity contribution >= 4 is 55.4 Å². The van der Waals surface area contributed by atoms with Crippen molar-refractivity contribution in [2.75, 3.05) is 6.54 Å². The zero-order valence-corrected chi connectivity index (χ0v) is 23.1. The molecule has 9 heteroatoms. The molecule has 7 nitrogen and oxygen atoms in total. The van der Waals surface area contributed by atoms with E-state index in [-0.39, 0.29) is 18.0 Å². The van der Waals surface area contributed by atoms with Gasteiger partial charge in [0.1, 0.15) is 5.60 Å². The molecular weight excluding hydrogens is 558 g/mol. The van der Waals surface area contributed by atoms with E-state index in [1.807, 2.05) is 31.2 Å². The maximum Gasteiger partial charge on any atom is 0.506 e. The summed E-state index contributed by atoms with van der Waals surface area (Å²) >= 11 is 5.20. The summed E-state index contributed by atoms with van der Waals surface area (Å²) in [5, 5.41) is 19.9. The van der Waals surface area contributed by atoms with Gasteiger partial charge in [0.05, 0.1) is 17.0 Å². The van der Waals surface area contributed by atoms with E-state index in [4.69, 9.17) is 4.74 Å². The lowest BCUT2D eigenvalue weighted by molar-refractivity contribution is -0.136. The number of halogens is 1. The van der Waals surface area contributed by atoms with Crippen LogP contribution in [0.25, 0.3) is 20.5 Å². The third kappa shape index (κ3) is 6.15. The number of carboxylic acid groups (broad SMARTS) is 2. The van der Waals surface area contributed by atoms with Crippen molar-refractivity contribution in [3.8, 4) is 10.4 Å². The molecule has 1 fully saturated rings. The van der Waals surface area contributed by atoms with E-state index >= 15 is 0 Å². The Kier molecular flexibility index (Phi) is 8.54. The quantitative estimate of drug-likeness (QED) is 0.237. The smallest absolute Gasteiger partial charge is 0.478 e. The van der Waals surface area contributed by atoms with Gasteiger partial charge in [-0.2, -0.15) is 0 Å². The summed E-state index contributed by atoms with van der Waals surface area (Å²) in [6.07, 6.45) is 3.73. The normalized spacial score (nSPS) is 14.5. The highest BCUT2D eigenvalue weighted by molar-refractivity contribution is 9.10. The minimum Gasteiger partial charge on any atom is -0.478 e. The van der Waals surface area contributed by atoms with Gasteiger partial charge in [-0.25, -0.2) is 9.59 Å². The SMILES string of the molecule is CCCCC(=O)N(Cc1ccc2sc(-c3ccccc3C(=O)O)c(Br)c2c1)CC1(OC(=O)O)CCCC1. The van der Waals surface area contributed by atoms with Crippen LogP contribution in [-0.2, 0) is 16.1 Å². The highest BCUT2D eigenvalue weighted by Gasteiger charge is 2.40. The van der Waals surface area contributed by atoms with E-state index in [0.29, 0.717) is 31.4 Å². The first-order valence-electron chi connectivity index (χ1n) is 12.5. The lowest BCUT2D eigenvalue weighted by Crippen LogP contribution is -2.46. The fourth-order valence-corrected chi connectivity index (χ4v) is 7.07. The Hall–Kier alpha value is -2.91. The third-order valence-electron chi connectivity index (χ3n) is 6.86. The van der Waals surface area contributed by atoms with Crippen molar-refractivity contribution in [1.29, 1.82) is 0 Å². The zero-order chi connectivity index (χ0) is 26.6. The fourth-order valence-electron chi connectivity index (χ4n) is 5.04. The van der Waals surface area contributed by atoms with Crippen molar-refractivity contribution in [2.45, 2.75) is 64.0 Å². The van der Waals surface area contributed by atoms with E-state index < -0.39 is 17.7 Å². The molecule has 1 aliphatic rings. The Balaban J connectivity index is 1.66. The van der Waals surface area contributed by atoms with Gasteiger partial charge < -0.3 is 19.8 Å². The Morgan fingerprint density at radius 2 is 1.84 bits per heavy atom. The molecule has 1 heterocycles. The first-order chi connectivity index (χ1) is 17.7. The molecule has 0 bridgehead atoms. The summed E-state index contributed by atoms with van der Waals surface area (Å²) in [5.41, 5.74) is 0.935. The first-order valence-corrected chi connectivity index (χ1v) is 14.1. The van der Waals surface area contributed by atoms with Gasteiger partial charge in [0.2, 0.25) is 5.91 Å². The van der Waals surface area contributed by atoms with Crippen LogP contribution in [0.4, 0.5) is 4.79 Å². The predicted molar refractivity (Wildman–Crippen MR) is 147 cm³/mol. The summed E-state index contributed by atoms with van der Waals surface area (Å²) in [6, 6.07) is 12.9. The summed E-state index contributed by atoms with van der Waals surface area (Å²) in [4.78, 5) is 39.0. The molecule has 0 aliphatic heterocycles. The first kappa shape index (κ1) is 27.1. The van der Waals surface area contributed by atoms with E-state index in [9.17, 15) is 24.6 Å². The maximum atomic E-state index is 13.2. The molecule has 1 aromatic heterocycles. The maximum absolute atomic E-state index is 13.2. The molecule has 2 N–H and O–H groups in total. The van der Waals surface area contributed by atoms with E-state index in [1.165, 1.54) is 11.3 Å². The molecule has 0 atom stereocenters. The van der Waals surface area contributed by atoms with Crippen LogP contribution in [0, 0.1) is 0 Å². The number of thiophene rings is 1. The van der Waals surface area contributed by atoms with Gasteiger partial charge in [-0.1, -0.05) is 37.6 Å². The number of hydrogen-bond acceptors (Lipinski definition) is 5. The molecule has 1 saturated carbocycles. The van der Waals surface area contributed by atoms with Crippen LogP contribution in [0.15, 0.2) is 46.9 Å². The summed E-state index contributed by atoms with van der Waals surface area (Å²) in [7, 11) is 0. The molecule has 0 unspecified atom stereocenters. The van der Waals surface area contributed by atoms with Crippen molar-refractivity contribution in [3.63, 3.8) is 0 Å². The van der Waals surface area contributed by atoms with E-state index in [0.717, 1.165) is 50.7 Å².